The van der Waals surface area contributed by atoms with E-state index >= 15 is 0 Å². The zero-order valence-corrected chi connectivity index (χ0v) is 12.0. The van der Waals surface area contributed by atoms with Gasteiger partial charge in [-0.25, -0.2) is 4.39 Å². The molecule has 2 rings (SSSR count). The first kappa shape index (κ1) is 15.0. The van der Waals surface area contributed by atoms with E-state index in [0.29, 0.717) is 24.7 Å². The summed E-state index contributed by atoms with van der Waals surface area (Å²) in [5.41, 5.74) is 6.07. The van der Waals surface area contributed by atoms with Crippen molar-refractivity contribution in [2.45, 2.75) is 32.6 Å². The maximum absolute atomic E-state index is 13.9. The van der Waals surface area contributed by atoms with Crippen LogP contribution in [-0.2, 0) is 4.79 Å². The van der Waals surface area contributed by atoms with E-state index in [2.05, 4.69) is 0 Å². The quantitative estimate of drug-likeness (QED) is 0.920. The van der Waals surface area contributed by atoms with E-state index in [1.165, 1.54) is 6.07 Å². The molecule has 0 atom stereocenters. The molecule has 0 radical (unpaired) electrons. The van der Waals surface area contributed by atoms with Crippen LogP contribution in [0.3, 0.4) is 0 Å². The first-order valence-electron chi connectivity index (χ1n) is 7.43. The SMILES string of the molecule is CCN(C(=O)C1CCC(CN)CC1)c1ccccc1F. The largest absolute Gasteiger partial charge is 0.330 e. The lowest BCUT2D eigenvalue weighted by atomic mass is 9.81. The number of carbonyl (C=O) groups is 1. The molecule has 0 bridgehead atoms. The number of amides is 1. The standard InChI is InChI=1S/C16H23FN2O/c1-2-19(15-6-4-3-5-14(15)17)16(20)13-9-7-12(11-18)8-10-13/h3-6,12-13H,2,7-11,18H2,1H3. The van der Waals surface area contributed by atoms with E-state index in [-0.39, 0.29) is 17.6 Å². The highest BCUT2D eigenvalue weighted by Gasteiger charge is 2.29. The third-order valence-corrected chi connectivity index (χ3v) is 4.25. The minimum absolute atomic E-state index is 0.0114. The Morgan fingerprint density at radius 2 is 1.95 bits per heavy atom. The van der Waals surface area contributed by atoms with E-state index < -0.39 is 0 Å². The molecule has 1 aromatic carbocycles. The van der Waals surface area contributed by atoms with Gasteiger partial charge < -0.3 is 10.6 Å². The molecular formula is C16H23FN2O. The number of hydrogen-bond acceptors (Lipinski definition) is 2. The number of halogens is 1. The normalized spacial score (nSPS) is 22.6. The molecule has 20 heavy (non-hydrogen) atoms. The first-order chi connectivity index (χ1) is 9.67. The molecule has 2 N–H and O–H groups in total. The van der Waals surface area contributed by atoms with Gasteiger partial charge in [0.1, 0.15) is 5.82 Å². The van der Waals surface area contributed by atoms with Gasteiger partial charge in [-0.15, -0.1) is 0 Å². The second kappa shape index (κ2) is 6.84. The fourth-order valence-electron chi connectivity index (χ4n) is 2.98. The molecule has 0 aliphatic heterocycles. The van der Waals surface area contributed by atoms with Crippen molar-refractivity contribution in [3.05, 3.63) is 30.1 Å². The minimum Gasteiger partial charge on any atom is -0.330 e. The van der Waals surface area contributed by atoms with Crippen LogP contribution in [0.4, 0.5) is 10.1 Å². The number of anilines is 1. The summed E-state index contributed by atoms with van der Waals surface area (Å²) in [7, 11) is 0. The van der Waals surface area contributed by atoms with Crippen LogP contribution in [0.1, 0.15) is 32.6 Å². The summed E-state index contributed by atoms with van der Waals surface area (Å²) in [5.74, 6) is 0.270. The predicted octanol–water partition coefficient (Wildman–Crippen LogP) is 2.94. The lowest BCUT2D eigenvalue weighted by Crippen LogP contribution is -2.38. The van der Waals surface area contributed by atoms with Crippen LogP contribution in [0, 0.1) is 17.7 Å². The molecule has 1 amide bonds. The Bertz CT molecular complexity index is 456. The van der Waals surface area contributed by atoms with E-state index in [9.17, 15) is 9.18 Å². The van der Waals surface area contributed by atoms with E-state index in [4.69, 9.17) is 5.73 Å². The summed E-state index contributed by atoms with van der Waals surface area (Å²) in [5, 5.41) is 0. The number of nitrogens with zero attached hydrogens (tertiary/aromatic N) is 1. The van der Waals surface area contributed by atoms with Crippen molar-refractivity contribution in [1.82, 2.24) is 0 Å². The number of carbonyl (C=O) groups excluding carboxylic acids is 1. The van der Waals surface area contributed by atoms with Gasteiger partial charge in [0.25, 0.3) is 0 Å². The van der Waals surface area contributed by atoms with Crippen molar-refractivity contribution in [3.8, 4) is 0 Å². The van der Waals surface area contributed by atoms with Gasteiger partial charge in [0.05, 0.1) is 5.69 Å². The van der Waals surface area contributed by atoms with Gasteiger partial charge in [-0.1, -0.05) is 12.1 Å². The van der Waals surface area contributed by atoms with Crippen LogP contribution >= 0.6 is 0 Å². The molecule has 1 fully saturated rings. The van der Waals surface area contributed by atoms with Crippen LogP contribution in [0.25, 0.3) is 0 Å². The Kier molecular flexibility index (Phi) is 5.12. The van der Waals surface area contributed by atoms with Crippen LogP contribution in [0.2, 0.25) is 0 Å². The highest BCUT2D eigenvalue weighted by atomic mass is 19.1. The molecule has 0 heterocycles. The molecule has 0 unspecified atom stereocenters. The summed E-state index contributed by atoms with van der Waals surface area (Å²) in [6.07, 6.45) is 3.74. The van der Waals surface area contributed by atoms with E-state index in [1.807, 2.05) is 6.92 Å². The molecule has 1 aliphatic rings. The van der Waals surface area contributed by atoms with Gasteiger partial charge in [0.15, 0.2) is 0 Å². The Morgan fingerprint density at radius 1 is 1.30 bits per heavy atom. The topological polar surface area (TPSA) is 46.3 Å². The predicted molar refractivity (Wildman–Crippen MR) is 78.9 cm³/mol. The van der Waals surface area contributed by atoms with E-state index in [0.717, 1.165) is 25.7 Å². The van der Waals surface area contributed by atoms with Crippen LogP contribution < -0.4 is 10.6 Å². The second-order valence-corrected chi connectivity index (χ2v) is 5.49. The summed E-state index contributed by atoms with van der Waals surface area (Å²) in [4.78, 5) is 14.2. The monoisotopic (exact) mass is 278 g/mol. The molecule has 1 saturated carbocycles. The van der Waals surface area contributed by atoms with E-state index in [1.54, 1.807) is 23.1 Å². The summed E-state index contributed by atoms with van der Waals surface area (Å²) in [6.45, 7) is 3.08. The molecule has 0 spiro atoms. The number of hydrogen-bond donors (Lipinski definition) is 1. The number of benzene rings is 1. The minimum atomic E-state index is -0.335. The highest BCUT2D eigenvalue weighted by molar-refractivity contribution is 5.95. The van der Waals surface area contributed by atoms with Gasteiger partial charge in [0, 0.05) is 12.5 Å². The van der Waals surface area contributed by atoms with Gasteiger partial charge in [-0.05, 0) is 57.2 Å². The van der Waals surface area contributed by atoms with Crippen molar-refractivity contribution in [3.63, 3.8) is 0 Å². The van der Waals surface area contributed by atoms with Crippen molar-refractivity contribution in [1.29, 1.82) is 0 Å². The zero-order chi connectivity index (χ0) is 14.5. The molecule has 110 valence electrons. The van der Waals surface area contributed by atoms with Crippen molar-refractivity contribution < 1.29 is 9.18 Å². The second-order valence-electron chi connectivity index (χ2n) is 5.49. The maximum Gasteiger partial charge on any atom is 0.230 e. The Labute approximate surface area is 120 Å². The Balaban J connectivity index is 2.09. The molecule has 1 aliphatic carbocycles. The van der Waals surface area contributed by atoms with Gasteiger partial charge in [0.2, 0.25) is 5.91 Å². The molecule has 0 aromatic heterocycles. The van der Waals surface area contributed by atoms with Crippen LogP contribution in [0.5, 0.6) is 0 Å². The first-order valence-corrected chi connectivity index (χ1v) is 7.43. The average Bonchev–Trinajstić information content (AvgIpc) is 2.50. The van der Waals surface area contributed by atoms with Crippen LogP contribution in [-0.4, -0.2) is 19.0 Å². The molecule has 0 saturated heterocycles. The summed E-state index contributed by atoms with van der Waals surface area (Å²) >= 11 is 0. The number of nitrogens with two attached hydrogens (primary N) is 1. The Morgan fingerprint density at radius 3 is 2.50 bits per heavy atom. The average molecular weight is 278 g/mol. The van der Waals surface area contributed by atoms with Gasteiger partial charge in [-0.3, -0.25) is 4.79 Å². The zero-order valence-electron chi connectivity index (χ0n) is 12.0. The third-order valence-electron chi connectivity index (χ3n) is 4.25. The molecule has 4 heteroatoms. The summed E-state index contributed by atoms with van der Waals surface area (Å²) in [6, 6.07) is 6.47. The highest BCUT2D eigenvalue weighted by Crippen LogP contribution is 2.31. The van der Waals surface area contributed by atoms with Gasteiger partial charge in [-0.2, -0.15) is 0 Å². The van der Waals surface area contributed by atoms with Crippen LogP contribution in [0.15, 0.2) is 24.3 Å². The van der Waals surface area contributed by atoms with Gasteiger partial charge >= 0.3 is 0 Å². The Hall–Kier alpha value is -1.42. The van der Waals surface area contributed by atoms with Crippen molar-refractivity contribution in [2.75, 3.05) is 18.0 Å². The lowest BCUT2D eigenvalue weighted by molar-refractivity contribution is -0.123. The molecule has 3 nitrogen and oxygen atoms in total. The number of rotatable bonds is 4. The lowest BCUT2D eigenvalue weighted by Gasteiger charge is -2.31. The van der Waals surface area contributed by atoms with Crippen molar-refractivity contribution >= 4 is 11.6 Å². The fourth-order valence-corrected chi connectivity index (χ4v) is 2.98. The fraction of sp³-hybridized carbons (Fsp3) is 0.562. The smallest absolute Gasteiger partial charge is 0.230 e. The van der Waals surface area contributed by atoms with Crippen molar-refractivity contribution in [2.24, 2.45) is 17.6 Å². The summed E-state index contributed by atoms with van der Waals surface area (Å²) < 4.78 is 13.9. The molecular weight excluding hydrogens is 255 g/mol. The maximum atomic E-state index is 13.9. The molecule has 1 aromatic rings. The third kappa shape index (κ3) is 3.18. The number of para-hydroxylation sites is 1.